The summed E-state index contributed by atoms with van der Waals surface area (Å²) in [5.74, 6) is 0. The molecule has 0 aliphatic heterocycles. The van der Waals surface area contributed by atoms with Crippen molar-refractivity contribution in [3.63, 3.8) is 0 Å². The molecule has 108 valence electrons. The fraction of sp³-hybridized carbons (Fsp3) is 0.375. The molecule has 2 rings (SSSR count). The summed E-state index contributed by atoms with van der Waals surface area (Å²) in [5.41, 5.74) is 8.31. The SMILES string of the molecule is CC(Cc1cccs1)N(C)c1ccc([C@@H](C)N)c(Br)c1. The van der Waals surface area contributed by atoms with Gasteiger partial charge in [-0.15, -0.1) is 11.3 Å². The van der Waals surface area contributed by atoms with E-state index < -0.39 is 0 Å². The summed E-state index contributed by atoms with van der Waals surface area (Å²) in [5, 5.41) is 2.13. The van der Waals surface area contributed by atoms with Crippen LogP contribution in [0.1, 0.15) is 30.3 Å². The van der Waals surface area contributed by atoms with Crippen molar-refractivity contribution < 1.29 is 0 Å². The second-order valence-electron chi connectivity index (χ2n) is 5.24. The van der Waals surface area contributed by atoms with Gasteiger partial charge in [0.25, 0.3) is 0 Å². The third kappa shape index (κ3) is 3.62. The Morgan fingerprint density at radius 2 is 2.05 bits per heavy atom. The number of nitrogens with two attached hydrogens (primary N) is 1. The molecule has 1 heterocycles. The van der Waals surface area contributed by atoms with E-state index in [2.05, 4.69) is 70.5 Å². The van der Waals surface area contributed by atoms with Crippen molar-refractivity contribution in [2.75, 3.05) is 11.9 Å². The monoisotopic (exact) mass is 352 g/mol. The first-order valence-corrected chi connectivity index (χ1v) is 8.46. The molecule has 0 aliphatic rings. The predicted molar refractivity (Wildman–Crippen MR) is 92.6 cm³/mol. The summed E-state index contributed by atoms with van der Waals surface area (Å²) in [6.45, 7) is 4.26. The number of nitrogens with zero attached hydrogens (tertiary/aromatic N) is 1. The number of thiophene rings is 1. The van der Waals surface area contributed by atoms with Crippen LogP contribution in [0.4, 0.5) is 5.69 Å². The van der Waals surface area contributed by atoms with Gasteiger partial charge in [0.05, 0.1) is 0 Å². The maximum absolute atomic E-state index is 5.95. The van der Waals surface area contributed by atoms with Crippen LogP contribution in [0.25, 0.3) is 0 Å². The lowest BCUT2D eigenvalue weighted by molar-refractivity contribution is 0.687. The fourth-order valence-electron chi connectivity index (χ4n) is 2.22. The Bertz CT molecular complexity index is 552. The molecule has 1 unspecified atom stereocenters. The van der Waals surface area contributed by atoms with Gasteiger partial charge in [0.15, 0.2) is 0 Å². The van der Waals surface area contributed by atoms with Crippen LogP contribution in [0, 0.1) is 0 Å². The van der Waals surface area contributed by atoms with Crippen molar-refractivity contribution in [2.45, 2.75) is 32.4 Å². The molecule has 0 saturated heterocycles. The molecule has 4 heteroatoms. The van der Waals surface area contributed by atoms with Crippen LogP contribution < -0.4 is 10.6 Å². The summed E-state index contributed by atoms with van der Waals surface area (Å²) >= 11 is 5.44. The van der Waals surface area contributed by atoms with Gasteiger partial charge >= 0.3 is 0 Å². The molecule has 1 aromatic heterocycles. The second kappa shape index (κ2) is 6.74. The molecule has 0 saturated carbocycles. The van der Waals surface area contributed by atoms with Gasteiger partial charge < -0.3 is 10.6 Å². The molecule has 0 amide bonds. The van der Waals surface area contributed by atoms with Gasteiger partial charge in [-0.2, -0.15) is 0 Å². The highest BCUT2D eigenvalue weighted by molar-refractivity contribution is 9.10. The van der Waals surface area contributed by atoms with E-state index in [4.69, 9.17) is 5.73 Å². The van der Waals surface area contributed by atoms with E-state index in [0.717, 1.165) is 16.5 Å². The molecule has 0 fully saturated rings. The lowest BCUT2D eigenvalue weighted by atomic mass is 10.1. The largest absolute Gasteiger partial charge is 0.371 e. The Morgan fingerprint density at radius 3 is 2.60 bits per heavy atom. The van der Waals surface area contributed by atoms with Gasteiger partial charge in [-0.1, -0.05) is 28.1 Å². The minimum atomic E-state index is 0.0484. The average molecular weight is 353 g/mol. The standard InChI is InChI=1S/C16H21BrN2S/c1-11(9-14-5-4-8-20-14)19(3)13-6-7-15(12(2)18)16(17)10-13/h4-8,10-12H,9,18H2,1-3H3/t11?,12-/m1/s1. The first-order chi connectivity index (χ1) is 9.49. The van der Waals surface area contributed by atoms with E-state index in [1.165, 1.54) is 10.6 Å². The van der Waals surface area contributed by atoms with Crippen LogP contribution in [0.3, 0.4) is 0 Å². The minimum absolute atomic E-state index is 0.0484. The summed E-state index contributed by atoms with van der Waals surface area (Å²) in [6.07, 6.45) is 1.07. The van der Waals surface area contributed by atoms with Crippen LogP contribution >= 0.6 is 27.3 Å². The maximum atomic E-state index is 5.95. The molecule has 0 bridgehead atoms. The van der Waals surface area contributed by atoms with E-state index in [1.807, 2.05) is 18.3 Å². The van der Waals surface area contributed by atoms with Crippen molar-refractivity contribution in [3.05, 3.63) is 50.6 Å². The highest BCUT2D eigenvalue weighted by atomic mass is 79.9. The van der Waals surface area contributed by atoms with Crippen LogP contribution in [-0.4, -0.2) is 13.1 Å². The Hall–Kier alpha value is -0.840. The summed E-state index contributed by atoms with van der Waals surface area (Å²) < 4.78 is 1.08. The fourth-order valence-corrected chi connectivity index (χ4v) is 3.77. The highest BCUT2D eigenvalue weighted by Crippen LogP contribution is 2.28. The van der Waals surface area contributed by atoms with Gasteiger partial charge in [0.1, 0.15) is 0 Å². The van der Waals surface area contributed by atoms with Crippen LogP contribution in [0.2, 0.25) is 0 Å². The molecule has 2 nitrogen and oxygen atoms in total. The first kappa shape index (κ1) is 15.5. The second-order valence-corrected chi connectivity index (χ2v) is 7.12. The average Bonchev–Trinajstić information content (AvgIpc) is 2.90. The summed E-state index contributed by atoms with van der Waals surface area (Å²) in [7, 11) is 2.14. The van der Waals surface area contributed by atoms with E-state index in [1.54, 1.807) is 0 Å². The Labute approximate surface area is 133 Å². The smallest absolute Gasteiger partial charge is 0.0377 e. The quantitative estimate of drug-likeness (QED) is 0.851. The normalized spacial score (nSPS) is 14.1. The van der Waals surface area contributed by atoms with Gasteiger partial charge in [0.2, 0.25) is 0 Å². The zero-order valence-electron chi connectivity index (χ0n) is 12.1. The number of anilines is 1. The van der Waals surface area contributed by atoms with Crippen molar-refractivity contribution in [2.24, 2.45) is 5.73 Å². The molecule has 20 heavy (non-hydrogen) atoms. The summed E-state index contributed by atoms with van der Waals surface area (Å²) in [6, 6.07) is 11.2. The number of hydrogen-bond donors (Lipinski definition) is 1. The van der Waals surface area contributed by atoms with Crippen molar-refractivity contribution in [1.82, 2.24) is 0 Å². The summed E-state index contributed by atoms with van der Waals surface area (Å²) in [4.78, 5) is 3.74. The van der Waals surface area contributed by atoms with E-state index in [0.29, 0.717) is 6.04 Å². The molecule has 1 aromatic carbocycles. The van der Waals surface area contributed by atoms with Crippen LogP contribution in [0.5, 0.6) is 0 Å². The number of likely N-dealkylation sites (N-methyl/N-ethyl adjacent to an activating group) is 1. The predicted octanol–water partition coefficient (Wildman–Crippen LogP) is 4.60. The molecule has 0 aliphatic carbocycles. The first-order valence-electron chi connectivity index (χ1n) is 6.79. The lowest BCUT2D eigenvalue weighted by Crippen LogP contribution is -2.30. The topological polar surface area (TPSA) is 29.3 Å². The van der Waals surface area contributed by atoms with Gasteiger partial charge in [0, 0.05) is 40.6 Å². The van der Waals surface area contributed by atoms with E-state index in [9.17, 15) is 0 Å². The van der Waals surface area contributed by atoms with E-state index >= 15 is 0 Å². The Balaban J connectivity index is 2.12. The Kier molecular flexibility index (Phi) is 5.24. The zero-order chi connectivity index (χ0) is 14.7. The van der Waals surface area contributed by atoms with Crippen molar-refractivity contribution >= 4 is 33.0 Å². The van der Waals surface area contributed by atoms with Crippen LogP contribution in [-0.2, 0) is 6.42 Å². The number of hydrogen-bond acceptors (Lipinski definition) is 3. The lowest BCUT2D eigenvalue weighted by Gasteiger charge is -2.27. The molecule has 0 radical (unpaired) electrons. The molecule has 2 aromatic rings. The highest BCUT2D eigenvalue weighted by Gasteiger charge is 2.13. The number of rotatable bonds is 5. The molecule has 0 spiro atoms. The zero-order valence-corrected chi connectivity index (χ0v) is 14.5. The molecule has 2 N–H and O–H groups in total. The molecular formula is C16H21BrN2S. The van der Waals surface area contributed by atoms with Crippen molar-refractivity contribution in [1.29, 1.82) is 0 Å². The maximum Gasteiger partial charge on any atom is 0.0377 e. The number of halogens is 1. The van der Waals surface area contributed by atoms with Crippen molar-refractivity contribution in [3.8, 4) is 0 Å². The van der Waals surface area contributed by atoms with Gasteiger partial charge in [-0.05, 0) is 43.0 Å². The van der Waals surface area contributed by atoms with E-state index in [-0.39, 0.29) is 6.04 Å². The number of benzene rings is 1. The Morgan fingerprint density at radius 1 is 1.30 bits per heavy atom. The minimum Gasteiger partial charge on any atom is -0.371 e. The van der Waals surface area contributed by atoms with Gasteiger partial charge in [-0.25, -0.2) is 0 Å². The molecular weight excluding hydrogens is 332 g/mol. The van der Waals surface area contributed by atoms with Gasteiger partial charge in [-0.3, -0.25) is 0 Å². The third-order valence-corrected chi connectivity index (χ3v) is 5.21. The third-order valence-electron chi connectivity index (χ3n) is 3.62. The molecule has 2 atom stereocenters. The van der Waals surface area contributed by atoms with Crippen LogP contribution in [0.15, 0.2) is 40.2 Å².